The fourth-order valence-electron chi connectivity index (χ4n) is 10.6. The molecule has 1 saturated carbocycles. The molecule has 2 N–H and O–H groups in total. The average Bonchev–Trinajstić information content (AvgIpc) is 3.26. The van der Waals surface area contributed by atoms with E-state index >= 15 is 0 Å². The maximum absolute atomic E-state index is 14.3. The summed E-state index contributed by atoms with van der Waals surface area (Å²) < 4.78 is 0. The fourth-order valence-corrected chi connectivity index (χ4v) is 10.6. The average molecular weight is 815 g/mol. The van der Waals surface area contributed by atoms with Gasteiger partial charge in [-0.2, -0.15) is 0 Å². The number of aliphatic carboxylic acids is 1. The third-order valence-corrected chi connectivity index (χ3v) is 14.2. The zero-order valence-corrected chi connectivity index (χ0v) is 37.2. The molecule has 5 nitrogen and oxygen atoms in total. The molecule has 0 bridgehead atoms. The lowest BCUT2D eigenvalue weighted by atomic mass is 9.82. The number of carboxylic acid groups (broad SMARTS) is 1. The summed E-state index contributed by atoms with van der Waals surface area (Å²) in [6, 6.07) is 27.3. The monoisotopic (exact) mass is 815 g/mol. The molecule has 5 heteroatoms. The van der Waals surface area contributed by atoms with Crippen LogP contribution in [0.4, 0.5) is 5.69 Å². The van der Waals surface area contributed by atoms with Gasteiger partial charge in [-0.05, 0) is 104 Å². The summed E-state index contributed by atoms with van der Waals surface area (Å²) in [5, 5.41) is 18.3. The zero-order valence-electron chi connectivity index (χ0n) is 37.2. The molecule has 0 spiro atoms. The number of amides is 1. The molecule has 1 saturated heterocycles. The van der Waals surface area contributed by atoms with E-state index in [1.807, 2.05) is 36.4 Å². The molecule has 0 radical (unpaired) electrons. The Balaban J connectivity index is 1.23. The lowest BCUT2D eigenvalue weighted by Crippen LogP contribution is -2.37. The van der Waals surface area contributed by atoms with Crippen molar-refractivity contribution in [3.05, 3.63) is 90.0 Å². The van der Waals surface area contributed by atoms with Crippen LogP contribution in [0.5, 0.6) is 0 Å². The second-order valence-electron chi connectivity index (χ2n) is 18.7. The maximum Gasteiger partial charge on any atom is 0.306 e. The molecule has 1 aliphatic heterocycles. The van der Waals surface area contributed by atoms with Crippen LogP contribution >= 0.6 is 0 Å². The van der Waals surface area contributed by atoms with Crippen LogP contribution in [-0.2, 0) is 4.79 Å². The van der Waals surface area contributed by atoms with Crippen LogP contribution in [-0.4, -0.2) is 41.0 Å². The van der Waals surface area contributed by atoms with Gasteiger partial charge in [0.1, 0.15) is 0 Å². The van der Waals surface area contributed by atoms with Crippen LogP contribution in [0.1, 0.15) is 202 Å². The van der Waals surface area contributed by atoms with Gasteiger partial charge < -0.3 is 15.3 Å². The number of nitrogens with zero attached hydrogens (tertiary/aromatic N) is 1. The van der Waals surface area contributed by atoms with Gasteiger partial charge in [-0.15, -0.1) is 0 Å². The molecule has 3 atom stereocenters. The second-order valence-corrected chi connectivity index (χ2v) is 18.7. The van der Waals surface area contributed by atoms with E-state index in [0.717, 1.165) is 59.3 Å². The highest BCUT2D eigenvalue weighted by Gasteiger charge is 2.26. The van der Waals surface area contributed by atoms with E-state index in [1.165, 1.54) is 160 Å². The summed E-state index contributed by atoms with van der Waals surface area (Å²) in [5.74, 6) is -0.904. The molecule has 0 aromatic heterocycles. The summed E-state index contributed by atoms with van der Waals surface area (Å²) in [7, 11) is 0. The van der Waals surface area contributed by atoms with Crippen molar-refractivity contribution in [2.75, 3.05) is 18.4 Å². The van der Waals surface area contributed by atoms with E-state index in [-0.39, 0.29) is 17.7 Å². The number of hydrogen-bond donors (Lipinski definition) is 2. The highest BCUT2D eigenvalue weighted by atomic mass is 16.4. The van der Waals surface area contributed by atoms with E-state index in [0.29, 0.717) is 18.0 Å². The van der Waals surface area contributed by atoms with Gasteiger partial charge in [0.15, 0.2) is 0 Å². The molecule has 4 aromatic carbocycles. The number of hydrogen-bond acceptors (Lipinski definition) is 3. The second kappa shape index (κ2) is 25.9. The van der Waals surface area contributed by atoms with E-state index in [1.54, 1.807) is 0 Å². The molecule has 3 unspecified atom stereocenters. The van der Waals surface area contributed by atoms with Crippen molar-refractivity contribution in [1.82, 2.24) is 4.90 Å². The Morgan fingerprint density at radius 3 is 1.62 bits per heavy atom. The number of benzene rings is 4. The SMILES string of the molecule is O=C(Nc1cccc2ccccc12)c1cccc2cccc(C3CCCCCCCCCCCCCC(N4CCCCCCCCCCCCC4)CCC(C(=O)O)CC3)c12. The van der Waals surface area contributed by atoms with Crippen molar-refractivity contribution < 1.29 is 14.7 Å². The van der Waals surface area contributed by atoms with E-state index in [9.17, 15) is 14.7 Å². The summed E-state index contributed by atoms with van der Waals surface area (Å²) in [5.41, 5.74) is 2.71. The van der Waals surface area contributed by atoms with Crippen molar-refractivity contribution in [1.29, 1.82) is 0 Å². The molecule has 1 heterocycles. The minimum atomic E-state index is -0.635. The molecule has 2 aliphatic rings. The van der Waals surface area contributed by atoms with Crippen molar-refractivity contribution in [2.24, 2.45) is 5.92 Å². The van der Waals surface area contributed by atoms with Crippen molar-refractivity contribution in [2.45, 2.75) is 192 Å². The lowest BCUT2D eigenvalue weighted by molar-refractivity contribution is -0.142. The van der Waals surface area contributed by atoms with Gasteiger partial charge in [0.25, 0.3) is 5.91 Å². The zero-order chi connectivity index (χ0) is 41.6. The first-order chi connectivity index (χ1) is 29.6. The van der Waals surface area contributed by atoms with Crippen molar-refractivity contribution >= 4 is 39.1 Å². The first-order valence-corrected chi connectivity index (χ1v) is 24.9. The van der Waals surface area contributed by atoms with Crippen LogP contribution in [0.2, 0.25) is 0 Å². The van der Waals surface area contributed by atoms with Crippen LogP contribution in [0, 0.1) is 5.92 Å². The highest BCUT2D eigenvalue weighted by Crippen LogP contribution is 2.37. The number of carboxylic acids is 1. The quantitative estimate of drug-likeness (QED) is 0.211. The molecular weight excluding hydrogens is 737 g/mol. The molecule has 2 fully saturated rings. The van der Waals surface area contributed by atoms with E-state index < -0.39 is 5.97 Å². The summed E-state index contributed by atoms with van der Waals surface area (Å²) in [6.45, 7) is 2.34. The smallest absolute Gasteiger partial charge is 0.306 e. The molecule has 60 heavy (non-hydrogen) atoms. The maximum atomic E-state index is 14.3. The van der Waals surface area contributed by atoms with Crippen molar-refractivity contribution in [3.8, 4) is 0 Å². The first kappa shape index (κ1) is 45.8. The summed E-state index contributed by atoms with van der Waals surface area (Å²) in [6.07, 6.45) is 34.5. The number of nitrogens with one attached hydrogen (secondary N) is 1. The van der Waals surface area contributed by atoms with Crippen LogP contribution in [0.3, 0.4) is 0 Å². The molecule has 326 valence electrons. The minimum absolute atomic E-state index is 0.0986. The normalized spacial score (nSPS) is 23.0. The van der Waals surface area contributed by atoms with Crippen LogP contribution < -0.4 is 5.32 Å². The summed E-state index contributed by atoms with van der Waals surface area (Å²) in [4.78, 5) is 30.3. The number of carbonyl (C=O) groups excluding carboxylic acids is 1. The van der Waals surface area contributed by atoms with Crippen molar-refractivity contribution in [3.63, 3.8) is 0 Å². The number of anilines is 1. The van der Waals surface area contributed by atoms with Gasteiger partial charge in [0.2, 0.25) is 0 Å². The Hall–Kier alpha value is -3.70. The van der Waals surface area contributed by atoms with Gasteiger partial charge in [-0.1, -0.05) is 195 Å². The Bertz CT molecular complexity index is 1840. The van der Waals surface area contributed by atoms with Crippen LogP contribution in [0.15, 0.2) is 78.9 Å². The van der Waals surface area contributed by atoms with Gasteiger partial charge in [-0.25, -0.2) is 0 Å². The molecule has 6 rings (SSSR count). The van der Waals surface area contributed by atoms with Crippen LogP contribution in [0.25, 0.3) is 21.5 Å². The topological polar surface area (TPSA) is 69.6 Å². The third-order valence-electron chi connectivity index (χ3n) is 14.2. The highest BCUT2D eigenvalue weighted by molar-refractivity contribution is 6.16. The van der Waals surface area contributed by atoms with E-state index in [2.05, 4.69) is 52.7 Å². The number of rotatable bonds is 5. The minimum Gasteiger partial charge on any atom is -0.481 e. The van der Waals surface area contributed by atoms with E-state index in [4.69, 9.17) is 0 Å². The molecular formula is C55H78N2O3. The number of carbonyl (C=O) groups is 2. The Morgan fingerprint density at radius 2 is 0.983 bits per heavy atom. The molecule has 4 aromatic rings. The Labute approximate surface area is 363 Å². The third kappa shape index (κ3) is 14.5. The first-order valence-electron chi connectivity index (χ1n) is 24.9. The molecule has 1 aliphatic carbocycles. The largest absolute Gasteiger partial charge is 0.481 e. The Kier molecular flexibility index (Phi) is 19.8. The number of fused-ring (bicyclic) bond motifs is 2. The molecule has 1 amide bonds. The summed E-state index contributed by atoms with van der Waals surface area (Å²) >= 11 is 0. The lowest BCUT2D eigenvalue weighted by Gasteiger charge is -2.33. The van der Waals surface area contributed by atoms with Gasteiger partial charge in [0.05, 0.1) is 5.92 Å². The standard InChI is InChI=1S/C55H78N2O3/c58-54(56-52-37-27-30-44-29-21-22-34-49(44)52)51-36-26-32-46-31-25-35-50(53(46)51)45-28-19-15-11-7-3-1-4-8-12-16-20-33-48(41-40-47(39-38-45)55(59)60)57-42-23-17-13-9-5-2-6-10-14-18-24-43-57/h21-22,25-27,29-32,34-37,45,47-48H,1-20,23-24,28,33,38-43H2,(H,56,58)(H,59,60). The predicted molar refractivity (Wildman–Crippen MR) is 254 cm³/mol. The predicted octanol–water partition coefficient (Wildman–Crippen LogP) is 15.7. The van der Waals surface area contributed by atoms with Gasteiger partial charge in [-0.3, -0.25) is 9.59 Å². The van der Waals surface area contributed by atoms with Gasteiger partial charge >= 0.3 is 5.97 Å². The Morgan fingerprint density at radius 1 is 0.483 bits per heavy atom. The van der Waals surface area contributed by atoms with Gasteiger partial charge in [0, 0.05) is 22.7 Å². The fraction of sp³-hybridized carbons (Fsp3) is 0.600.